The third kappa shape index (κ3) is 5.53. The average Bonchev–Trinajstić information content (AvgIpc) is 3.25. The lowest BCUT2D eigenvalue weighted by molar-refractivity contribution is 0.0977. The molecular weight excluding hydrogens is 436 g/mol. The number of ether oxygens (including phenoxy) is 1. The number of nitrogens with zero attached hydrogens (tertiary/aromatic N) is 2. The molecule has 0 bridgehead atoms. The second-order valence-corrected chi connectivity index (χ2v) is 7.92. The average molecular weight is 461 g/mol. The maximum Gasteiger partial charge on any atom is 0.257 e. The van der Waals surface area contributed by atoms with Crippen LogP contribution in [0.4, 0.5) is 5.69 Å². The van der Waals surface area contributed by atoms with Crippen molar-refractivity contribution < 1.29 is 13.9 Å². The molecule has 0 radical (unpaired) electrons. The lowest BCUT2D eigenvalue weighted by Crippen LogP contribution is -2.34. The predicted molar refractivity (Wildman–Crippen MR) is 133 cm³/mol. The minimum absolute atomic E-state index is 0.213. The van der Waals surface area contributed by atoms with E-state index in [0.29, 0.717) is 29.3 Å². The Balaban J connectivity index is 1.37. The summed E-state index contributed by atoms with van der Waals surface area (Å²) in [6.07, 6.45) is 3.74. The van der Waals surface area contributed by atoms with Crippen LogP contribution in [0.25, 0.3) is 22.7 Å². The van der Waals surface area contributed by atoms with Gasteiger partial charge in [0.1, 0.15) is 5.75 Å². The van der Waals surface area contributed by atoms with Crippen LogP contribution >= 0.6 is 12.2 Å². The van der Waals surface area contributed by atoms with Crippen molar-refractivity contribution in [2.45, 2.75) is 26.7 Å². The molecule has 2 aromatic heterocycles. The maximum atomic E-state index is 12.5. The number of oxazole rings is 1. The summed E-state index contributed by atoms with van der Waals surface area (Å²) in [7, 11) is 0. The van der Waals surface area contributed by atoms with E-state index in [1.54, 1.807) is 36.5 Å². The van der Waals surface area contributed by atoms with Crippen LogP contribution < -0.4 is 15.4 Å². The summed E-state index contributed by atoms with van der Waals surface area (Å²) in [6.45, 7) is 4.71. The van der Waals surface area contributed by atoms with Crippen LogP contribution in [0.5, 0.6) is 5.75 Å². The molecule has 0 aliphatic carbocycles. The first kappa shape index (κ1) is 22.4. The number of amides is 1. The van der Waals surface area contributed by atoms with Gasteiger partial charge in [-0.25, -0.2) is 4.98 Å². The molecule has 0 aliphatic heterocycles. The molecule has 1 amide bonds. The number of carbonyl (C=O) groups excluding carboxylic acids is 1. The van der Waals surface area contributed by atoms with Gasteiger partial charge in [0.15, 0.2) is 16.3 Å². The molecule has 0 saturated heterocycles. The standard InChI is InChI=1S/C25H24N4O3S/c1-3-4-14-31-19-10-7-17(8-11-19)23(30)29-25(33)27-20-12-9-18(15-16(20)2)24-28-22-21(32-24)6-5-13-26-22/h5-13,15H,3-4,14H2,1-2H3,(H2,27,29,30,33). The van der Waals surface area contributed by atoms with Crippen molar-refractivity contribution >= 4 is 40.2 Å². The van der Waals surface area contributed by atoms with Gasteiger partial charge in [-0.15, -0.1) is 0 Å². The van der Waals surface area contributed by atoms with Crippen molar-refractivity contribution in [3.8, 4) is 17.2 Å². The van der Waals surface area contributed by atoms with Crippen LogP contribution in [-0.4, -0.2) is 27.6 Å². The van der Waals surface area contributed by atoms with E-state index < -0.39 is 0 Å². The first-order chi connectivity index (χ1) is 16.0. The topological polar surface area (TPSA) is 89.3 Å². The van der Waals surface area contributed by atoms with Crippen LogP contribution in [0.1, 0.15) is 35.7 Å². The third-order valence-electron chi connectivity index (χ3n) is 5.00. The number of carbonyl (C=O) groups is 1. The number of thiocarbonyl (C=S) groups is 1. The number of hydrogen-bond acceptors (Lipinski definition) is 6. The number of hydrogen-bond donors (Lipinski definition) is 2. The van der Waals surface area contributed by atoms with Gasteiger partial charge < -0.3 is 14.5 Å². The lowest BCUT2D eigenvalue weighted by Gasteiger charge is -2.12. The molecule has 2 heterocycles. The fourth-order valence-electron chi connectivity index (χ4n) is 3.20. The zero-order valence-corrected chi connectivity index (χ0v) is 19.2. The van der Waals surface area contributed by atoms with Crippen molar-refractivity contribution in [1.82, 2.24) is 15.3 Å². The molecule has 0 spiro atoms. The predicted octanol–water partition coefficient (Wildman–Crippen LogP) is 5.50. The number of unbranched alkanes of at least 4 members (excludes halogenated alkanes) is 1. The Morgan fingerprint density at radius 1 is 1.15 bits per heavy atom. The van der Waals surface area contributed by atoms with Gasteiger partial charge in [-0.3, -0.25) is 10.1 Å². The number of rotatable bonds is 7. The second kappa shape index (κ2) is 10.2. The van der Waals surface area contributed by atoms with Gasteiger partial charge in [-0.1, -0.05) is 13.3 Å². The third-order valence-corrected chi connectivity index (χ3v) is 5.20. The quantitative estimate of drug-likeness (QED) is 0.278. The zero-order chi connectivity index (χ0) is 23.2. The number of fused-ring (bicyclic) bond motifs is 1. The van der Waals surface area contributed by atoms with Gasteiger partial charge in [0.05, 0.1) is 6.61 Å². The number of pyridine rings is 1. The van der Waals surface area contributed by atoms with Crippen LogP contribution in [0.15, 0.2) is 65.2 Å². The number of aryl methyl sites for hydroxylation is 1. The van der Waals surface area contributed by atoms with E-state index in [1.165, 1.54) is 0 Å². The largest absolute Gasteiger partial charge is 0.494 e. The lowest BCUT2D eigenvalue weighted by atomic mass is 10.1. The Hall–Kier alpha value is -3.78. The van der Waals surface area contributed by atoms with E-state index in [4.69, 9.17) is 21.4 Å². The minimum Gasteiger partial charge on any atom is -0.494 e. The van der Waals surface area contributed by atoms with Crippen molar-refractivity contribution in [2.75, 3.05) is 11.9 Å². The molecule has 0 fully saturated rings. The molecule has 168 valence electrons. The fourth-order valence-corrected chi connectivity index (χ4v) is 3.40. The van der Waals surface area contributed by atoms with Crippen LogP contribution in [0.2, 0.25) is 0 Å². The number of aromatic nitrogens is 2. The van der Waals surface area contributed by atoms with Crippen molar-refractivity contribution in [3.05, 3.63) is 71.9 Å². The highest BCUT2D eigenvalue weighted by atomic mass is 32.1. The van der Waals surface area contributed by atoms with Crippen molar-refractivity contribution in [2.24, 2.45) is 0 Å². The second-order valence-electron chi connectivity index (χ2n) is 7.51. The smallest absolute Gasteiger partial charge is 0.257 e. The molecule has 8 heteroatoms. The highest BCUT2D eigenvalue weighted by Crippen LogP contribution is 2.26. The first-order valence-corrected chi connectivity index (χ1v) is 11.1. The Morgan fingerprint density at radius 3 is 2.70 bits per heavy atom. The van der Waals surface area contributed by atoms with Crippen LogP contribution in [0, 0.1) is 6.92 Å². The minimum atomic E-state index is -0.291. The molecule has 7 nitrogen and oxygen atoms in total. The molecule has 4 rings (SSSR count). The highest BCUT2D eigenvalue weighted by Gasteiger charge is 2.12. The maximum absolute atomic E-state index is 12.5. The molecule has 0 unspecified atom stereocenters. The summed E-state index contributed by atoms with van der Waals surface area (Å²) in [5, 5.41) is 6.00. The monoisotopic (exact) mass is 460 g/mol. The summed E-state index contributed by atoms with van der Waals surface area (Å²) in [5.74, 6) is 0.948. The normalized spacial score (nSPS) is 10.7. The van der Waals surface area contributed by atoms with E-state index in [9.17, 15) is 4.79 Å². The number of nitrogens with one attached hydrogen (secondary N) is 2. The number of benzene rings is 2. The molecule has 2 aromatic carbocycles. The van der Waals surface area contributed by atoms with E-state index in [-0.39, 0.29) is 11.0 Å². The van der Waals surface area contributed by atoms with E-state index >= 15 is 0 Å². The first-order valence-electron chi connectivity index (χ1n) is 10.7. The van der Waals surface area contributed by atoms with Gasteiger partial charge in [0.2, 0.25) is 5.89 Å². The fraction of sp³-hybridized carbons (Fsp3) is 0.200. The molecule has 33 heavy (non-hydrogen) atoms. The SMILES string of the molecule is CCCCOc1ccc(C(=O)NC(=S)Nc2ccc(-c3nc4ncccc4o3)cc2C)cc1. The summed E-state index contributed by atoms with van der Waals surface area (Å²) in [4.78, 5) is 21.1. The van der Waals surface area contributed by atoms with E-state index in [2.05, 4.69) is 27.5 Å². The van der Waals surface area contributed by atoms with E-state index in [1.807, 2.05) is 31.2 Å². The Bertz CT molecular complexity index is 1250. The molecule has 0 atom stereocenters. The summed E-state index contributed by atoms with van der Waals surface area (Å²) < 4.78 is 11.4. The Kier molecular flexibility index (Phi) is 6.95. The van der Waals surface area contributed by atoms with Gasteiger partial charge in [0, 0.05) is 23.0 Å². The van der Waals surface area contributed by atoms with Crippen molar-refractivity contribution in [3.63, 3.8) is 0 Å². The Morgan fingerprint density at radius 2 is 1.97 bits per heavy atom. The summed E-state index contributed by atoms with van der Waals surface area (Å²) in [6, 6.07) is 16.3. The van der Waals surface area contributed by atoms with Crippen molar-refractivity contribution in [1.29, 1.82) is 0 Å². The highest BCUT2D eigenvalue weighted by molar-refractivity contribution is 7.80. The van der Waals surface area contributed by atoms with Gasteiger partial charge in [0.25, 0.3) is 5.91 Å². The van der Waals surface area contributed by atoms with Gasteiger partial charge >= 0.3 is 0 Å². The van der Waals surface area contributed by atoms with E-state index in [0.717, 1.165) is 35.4 Å². The summed E-state index contributed by atoms with van der Waals surface area (Å²) in [5.41, 5.74) is 4.23. The molecule has 2 N–H and O–H groups in total. The van der Waals surface area contributed by atoms with Crippen LogP contribution in [0.3, 0.4) is 0 Å². The molecule has 0 aliphatic rings. The zero-order valence-electron chi connectivity index (χ0n) is 18.4. The van der Waals surface area contributed by atoms with Gasteiger partial charge in [-0.2, -0.15) is 4.98 Å². The van der Waals surface area contributed by atoms with Crippen LogP contribution in [-0.2, 0) is 0 Å². The number of anilines is 1. The molecular formula is C25H24N4O3S. The molecule has 4 aromatic rings. The van der Waals surface area contributed by atoms with Gasteiger partial charge in [-0.05, 0) is 85.7 Å². The molecule has 0 saturated carbocycles. The Labute approximate surface area is 197 Å². The summed E-state index contributed by atoms with van der Waals surface area (Å²) >= 11 is 5.33.